The number of fused-ring (bicyclic) bond motifs is 1. The molecule has 2 atom stereocenters. The van der Waals surface area contributed by atoms with Crippen molar-refractivity contribution in [2.24, 2.45) is 0 Å². The van der Waals surface area contributed by atoms with E-state index in [-0.39, 0.29) is 12.0 Å². The molecule has 6 heteroatoms. The van der Waals surface area contributed by atoms with E-state index in [0.717, 1.165) is 0 Å². The lowest BCUT2D eigenvalue weighted by Crippen LogP contribution is -2.50. The van der Waals surface area contributed by atoms with Crippen molar-refractivity contribution in [3.05, 3.63) is 71.8 Å². The average Bonchev–Trinajstić information content (AvgIpc) is 2.59. The molecule has 0 amide bonds. The second-order valence-electron chi connectivity index (χ2n) is 6.32. The van der Waals surface area contributed by atoms with Crippen LogP contribution in [-0.4, -0.2) is 34.3 Å². The van der Waals surface area contributed by atoms with Gasteiger partial charge in [-0.3, -0.25) is 14.4 Å². The first-order valence-electron chi connectivity index (χ1n) is 8.53. The minimum atomic E-state index is -1.96. The summed E-state index contributed by atoms with van der Waals surface area (Å²) in [5.41, 5.74) is -1.40. The largest absolute Gasteiger partial charge is 0.464 e. The number of aliphatic hydroxyl groups excluding tert-OH is 1. The first-order valence-corrected chi connectivity index (χ1v) is 8.53. The van der Waals surface area contributed by atoms with Gasteiger partial charge in [0.25, 0.3) is 0 Å². The zero-order valence-corrected chi connectivity index (χ0v) is 15.5. The molecular formula is C21H22O6. The van der Waals surface area contributed by atoms with Crippen LogP contribution in [0.15, 0.2) is 71.8 Å². The van der Waals surface area contributed by atoms with Crippen LogP contribution >= 0.6 is 0 Å². The van der Waals surface area contributed by atoms with Gasteiger partial charge in [0.2, 0.25) is 17.2 Å². The zero-order chi connectivity index (χ0) is 20.0. The van der Waals surface area contributed by atoms with Gasteiger partial charge < -0.3 is 14.6 Å². The van der Waals surface area contributed by atoms with Gasteiger partial charge in [-0.1, -0.05) is 30.4 Å². The second-order valence-corrected chi connectivity index (χ2v) is 6.32. The van der Waals surface area contributed by atoms with Crippen LogP contribution in [0.2, 0.25) is 0 Å². The molecule has 0 aromatic carbocycles. The van der Waals surface area contributed by atoms with Crippen molar-refractivity contribution < 1.29 is 29.0 Å². The monoisotopic (exact) mass is 370 g/mol. The molecule has 6 nitrogen and oxygen atoms in total. The van der Waals surface area contributed by atoms with Crippen molar-refractivity contribution in [3.8, 4) is 0 Å². The summed E-state index contributed by atoms with van der Waals surface area (Å²) < 4.78 is 10.5. The van der Waals surface area contributed by atoms with E-state index in [4.69, 9.17) is 9.47 Å². The molecule has 0 aromatic rings. The minimum Gasteiger partial charge on any atom is -0.464 e. The van der Waals surface area contributed by atoms with Gasteiger partial charge in [-0.15, -0.1) is 0 Å². The number of hydrogen-bond acceptors (Lipinski definition) is 6. The number of aliphatic hydroxyl groups is 1. The third kappa shape index (κ3) is 4.80. The van der Waals surface area contributed by atoms with Gasteiger partial charge in [0.1, 0.15) is 12.0 Å². The van der Waals surface area contributed by atoms with Gasteiger partial charge in [0, 0.05) is 0 Å². The van der Waals surface area contributed by atoms with E-state index in [1.54, 1.807) is 18.2 Å². The smallest absolute Gasteiger partial charge is 0.309 e. The van der Waals surface area contributed by atoms with Gasteiger partial charge >= 0.3 is 5.97 Å². The van der Waals surface area contributed by atoms with E-state index in [2.05, 4.69) is 0 Å². The van der Waals surface area contributed by atoms with Crippen molar-refractivity contribution in [1.82, 2.24) is 0 Å². The Bertz CT molecular complexity index is 820. The molecule has 1 aliphatic carbocycles. The SMILES string of the molecule is C/C=C/C=C/C=C/C1=CC2=CC(=O)C(C)(OC(=O)CC(C)O)C(=O)C2=CO1. The maximum absolute atomic E-state index is 12.7. The van der Waals surface area contributed by atoms with Gasteiger partial charge in [-0.2, -0.15) is 0 Å². The number of esters is 1. The molecule has 2 unspecified atom stereocenters. The summed E-state index contributed by atoms with van der Waals surface area (Å²) in [5.74, 6) is -1.65. The van der Waals surface area contributed by atoms with Crippen LogP contribution in [0.25, 0.3) is 0 Å². The highest BCUT2D eigenvalue weighted by atomic mass is 16.6. The third-order valence-electron chi connectivity index (χ3n) is 3.92. The molecule has 142 valence electrons. The number of hydrogen-bond donors (Lipinski definition) is 1. The number of carbonyl (C=O) groups excluding carboxylic acids is 3. The summed E-state index contributed by atoms with van der Waals surface area (Å²) in [6, 6.07) is 0. The molecular weight excluding hydrogens is 348 g/mol. The maximum atomic E-state index is 12.7. The molecule has 0 aromatic heterocycles. The molecule has 0 saturated carbocycles. The fourth-order valence-electron chi connectivity index (χ4n) is 2.50. The Morgan fingerprint density at radius 2 is 1.96 bits per heavy atom. The Hall–Kier alpha value is -2.99. The molecule has 27 heavy (non-hydrogen) atoms. The molecule has 0 spiro atoms. The van der Waals surface area contributed by atoms with Crippen LogP contribution in [-0.2, 0) is 23.9 Å². The van der Waals surface area contributed by atoms with Crippen LogP contribution in [0.4, 0.5) is 0 Å². The van der Waals surface area contributed by atoms with E-state index in [0.29, 0.717) is 11.3 Å². The lowest BCUT2D eigenvalue weighted by Gasteiger charge is -2.31. The highest BCUT2D eigenvalue weighted by molar-refractivity contribution is 6.26. The lowest BCUT2D eigenvalue weighted by molar-refractivity contribution is -0.170. The van der Waals surface area contributed by atoms with E-state index in [1.807, 2.05) is 31.2 Å². The lowest BCUT2D eigenvalue weighted by atomic mass is 9.80. The molecule has 1 aliphatic heterocycles. The third-order valence-corrected chi connectivity index (χ3v) is 3.92. The Labute approximate surface area is 157 Å². The van der Waals surface area contributed by atoms with Crippen LogP contribution < -0.4 is 0 Å². The van der Waals surface area contributed by atoms with E-state index in [9.17, 15) is 19.5 Å². The molecule has 1 heterocycles. The summed E-state index contributed by atoms with van der Waals surface area (Å²) in [4.78, 5) is 37.0. The summed E-state index contributed by atoms with van der Waals surface area (Å²) >= 11 is 0. The molecule has 2 aliphatic rings. The standard InChI is InChI=1S/C21H22O6/c1-4-5-6-7-8-9-16-11-15-12-18(23)21(3,20(25)17(15)13-26-16)27-19(24)10-14(2)22/h4-9,11-14,22H,10H2,1-3H3/b5-4+,7-6+,9-8+. The first kappa shape index (κ1) is 20.3. The number of ketones is 2. The van der Waals surface area contributed by atoms with Crippen molar-refractivity contribution in [1.29, 1.82) is 0 Å². The number of carbonyl (C=O) groups is 3. The fraction of sp³-hybridized carbons (Fsp3) is 0.286. The number of allylic oxidation sites excluding steroid dienone is 8. The predicted octanol–water partition coefficient (Wildman–Crippen LogP) is 2.62. The quantitative estimate of drug-likeness (QED) is 0.439. The topological polar surface area (TPSA) is 89.9 Å². The van der Waals surface area contributed by atoms with Crippen molar-refractivity contribution in [3.63, 3.8) is 0 Å². The van der Waals surface area contributed by atoms with Crippen molar-refractivity contribution in [2.75, 3.05) is 0 Å². The summed E-state index contributed by atoms with van der Waals surface area (Å²) in [7, 11) is 0. The Morgan fingerprint density at radius 3 is 2.63 bits per heavy atom. The average molecular weight is 370 g/mol. The molecule has 0 fully saturated rings. The molecule has 0 radical (unpaired) electrons. The van der Waals surface area contributed by atoms with Crippen LogP contribution in [0.5, 0.6) is 0 Å². The highest BCUT2D eigenvalue weighted by Crippen LogP contribution is 2.33. The molecule has 0 saturated heterocycles. The van der Waals surface area contributed by atoms with Gasteiger partial charge in [-0.05, 0) is 44.6 Å². The maximum Gasteiger partial charge on any atom is 0.309 e. The summed E-state index contributed by atoms with van der Waals surface area (Å²) in [5, 5.41) is 9.27. The Morgan fingerprint density at radius 1 is 1.26 bits per heavy atom. The van der Waals surface area contributed by atoms with Crippen LogP contribution in [0.3, 0.4) is 0 Å². The normalized spacial score (nSPS) is 23.8. The van der Waals surface area contributed by atoms with Gasteiger partial charge in [0.05, 0.1) is 18.1 Å². The minimum absolute atomic E-state index is 0.156. The zero-order valence-electron chi connectivity index (χ0n) is 15.5. The van der Waals surface area contributed by atoms with E-state index in [1.165, 1.54) is 26.2 Å². The Kier molecular flexibility index (Phi) is 6.47. The van der Waals surface area contributed by atoms with Gasteiger partial charge in [0.15, 0.2) is 0 Å². The molecule has 2 rings (SSSR count). The highest BCUT2D eigenvalue weighted by Gasteiger charge is 2.49. The number of ether oxygens (including phenoxy) is 2. The van der Waals surface area contributed by atoms with Crippen molar-refractivity contribution in [2.45, 2.75) is 38.9 Å². The number of rotatable bonds is 6. The van der Waals surface area contributed by atoms with Crippen LogP contribution in [0, 0.1) is 0 Å². The summed E-state index contributed by atoms with van der Waals surface area (Å²) in [6.45, 7) is 4.57. The second kappa shape index (κ2) is 8.60. The molecule has 1 N–H and O–H groups in total. The fourth-order valence-corrected chi connectivity index (χ4v) is 2.50. The molecule has 0 bridgehead atoms. The van der Waals surface area contributed by atoms with Crippen LogP contribution in [0.1, 0.15) is 27.2 Å². The van der Waals surface area contributed by atoms with Crippen molar-refractivity contribution >= 4 is 17.5 Å². The summed E-state index contributed by atoms with van der Waals surface area (Å²) in [6.07, 6.45) is 13.7. The van der Waals surface area contributed by atoms with E-state index < -0.39 is 29.2 Å². The van der Waals surface area contributed by atoms with E-state index >= 15 is 0 Å². The number of Topliss-reactive ketones (excluding diaryl/α,β-unsaturated/α-hetero) is 1. The Balaban J connectivity index is 2.21. The predicted molar refractivity (Wildman–Crippen MR) is 99.2 cm³/mol. The first-order chi connectivity index (χ1) is 12.8. The van der Waals surface area contributed by atoms with Gasteiger partial charge in [-0.25, -0.2) is 0 Å².